The van der Waals surface area contributed by atoms with E-state index in [2.05, 4.69) is 32.9 Å². The monoisotopic (exact) mass is 443 g/mol. The zero-order chi connectivity index (χ0) is 19.9. The van der Waals surface area contributed by atoms with Gasteiger partial charge in [0.1, 0.15) is 18.1 Å². The molecular weight excluding hydrogens is 422 g/mol. The van der Waals surface area contributed by atoms with E-state index in [0.29, 0.717) is 12.3 Å². The second-order valence-electron chi connectivity index (χ2n) is 6.12. The molecule has 7 heteroatoms. The van der Waals surface area contributed by atoms with E-state index in [9.17, 15) is 4.79 Å². The molecule has 0 atom stereocenters. The third-order valence-corrected chi connectivity index (χ3v) is 4.78. The molecule has 0 fully saturated rings. The number of carbonyl (C=O) groups excluding carboxylic acids is 1. The fourth-order valence-corrected chi connectivity index (χ4v) is 3.12. The summed E-state index contributed by atoms with van der Waals surface area (Å²) in [5, 5.41) is 7.20. The number of allylic oxidation sites excluding steroid dienone is 1. The molecule has 3 rings (SSSR count). The van der Waals surface area contributed by atoms with E-state index in [4.69, 9.17) is 9.15 Å². The summed E-state index contributed by atoms with van der Waals surface area (Å²) in [6.45, 7) is 7.09. The van der Waals surface area contributed by atoms with Gasteiger partial charge < -0.3 is 14.5 Å². The summed E-state index contributed by atoms with van der Waals surface area (Å²) in [5.41, 5.74) is 1.82. The van der Waals surface area contributed by atoms with Crippen LogP contribution in [0.1, 0.15) is 34.5 Å². The normalized spacial score (nSPS) is 10.6. The van der Waals surface area contributed by atoms with Crippen LogP contribution in [0.4, 0.5) is 0 Å². The molecule has 0 spiro atoms. The largest absolute Gasteiger partial charge is 0.485 e. The molecule has 0 unspecified atom stereocenters. The zero-order valence-corrected chi connectivity index (χ0v) is 17.2. The number of aryl methyl sites for hydroxylation is 1. The quantitative estimate of drug-likeness (QED) is 0.494. The van der Waals surface area contributed by atoms with Gasteiger partial charge in [-0.2, -0.15) is 5.10 Å². The molecule has 2 aromatic heterocycles. The summed E-state index contributed by atoms with van der Waals surface area (Å²) in [6.07, 6.45) is 4.44. The Morgan fingerprint density at radius 2 is 2.18 bits per heavy atom. The molecular formula is C21H22BrN3O3. The molecule has 3 aromatic rings. The summed E-state index contributed by atoms with van der Waals surface area (Å²) in [5.74, 6) is 1.30. The fourth-order valence-electron chi connectivity index (χ4n) is 2.67. The van der Waals surface area contributed by atoms with Gasteiger partial charge in [0.2, 0.25) is 0 Å². The molecule has 0 aliphatic carbocycles. The lowest BCUT2D eigenvalue weighted by Crippen LogP contribution is -2.22. The van der Waals surface area contributed by atoms with Crippen LogP contribution in [0, 0.1) is 0 Å². The van der Waals surface area contributed by atoms with Crippen LogP contribution in [0.25, 0.3) is 0 Å². The van der Waals surface area contributed by atoms with Crippen molar-refractivity contribution < 1.29 is 13.9 Å². The second-order valence-corrected chi connectivity index (χ2v) is 6.97. The number of hydrogen-bond donors (Lipinski definition) is 1. The molecule has 0 aliphatic rings. The van der Waals surface area contributed by atoms with Gasteiger partial charge in [-0.3, -0.25) is 9.48 Å². The Labute approximate surface area is 172 Å². The minimum Gasteiger partial charge on any atom is -0.485 e. The van der Waals surface area contributed by atoms with E-state index >= 15 is 0 Å². The topological polar surface area (TPSA) is 69.3 Å². The van der Waals surface area contributed by atoms with E-state index in [0.717, 1.165) is 34.4 Å². The van der Waals surface area contributed by atoms with E-state index < -0.39 is 0 Å². The summed E-state index contributed by atoms with van der Waals surface area (Å²) in [6, 6.07) is 11.2. The van der Waals surface area contributed by atoms with Crippen molar-refractivity contribution >= 4 is 21.8 Å². The lowest BCUT2D eigenvalue weighted by Gasteiger charge is -2.08. The van der Waals surface area contributed by atoms with Crippen molar-refractivity contribution in [1.82, 2.24) is 15.1 Å². The number of nitrogens with zero attached hydrogens (tertiary/aromatic N) is 2. The van der Waals surface area contributed by atoms with Crippen LogP contribution in [0.2, 0.25) is 0 Å². The summed E-state index contributed by atoms with van der Waals surface area (Å²) in [4.78, 5) is 12.3. The van der Waals surface area contributed by atoms with Crippen molar-refractivity contribution in [3.8, 4) is 5.75 Å². The lowest BCUT2D eigenvalue weighted by atomic mass is 10.1. The highest BCUT2D eigenvalue weighted by molar-refractivity contribution is 9.10. The van der Waals surface area contributed by atoms with E-state index in [1.807, 2.05) is 43.5 Å². The molecule has 0 bridgehead atoms. The highest BCUT2D eigenvalue weighted by Crippen LogP contribution is 2.21. The average molecular weight is 444 g/mol. The van der Waals surface area contributed by atoms with Gasteiger partial charge in [-0.25, -0.2) is 0 Å². The Balaban J connectivity index is 1.56. The molecule has 2 heterocycles. The van der Waals surface area contributed by atoms with Gasteiger partial charge in [-0.15, -0.1) is 6.58 Å². The Morgan fingerprint density at radius 3 is 2.93 bits per heavy atom. The molecule has 0 aliphatic heterocycles. The van der Waals surface area contributed by atoms with Gasteiger partial charge >= 0.3 is 0 Å². The number of para-hydroxylation sites is 1. The maximum absolute atomic E-state index is 12.3. The minimum atomic E-state index is -0.295. The molecule has 1 amide bonds. The molecule has 146 valence electrons. The van der Waals surface area contributed by atoms with Crippen LogP contribution in [-0.2, 0) is 26.1 Å². The predicted molar refractivity (Wildman–Crippen MR) is 110 cm³/mol. The van der Waals surface area contributed by atoms with Gasteiger partial charge in [0.15, 0.2) is 5.76 Å². The SMILES string of the molecule is C=CCc1ccccc1OCc1ccc(C(=O)NCc2nn(CC)cc2Br)o1. The Bertz CT molecular complexity index is 961. The number of rotatable bonds is 9. The van der Waals surface area contributed by atoms with Crippen LogP contribution in [0.5, 0.6) is 5.75 Å². The Hall–Kier alpha value is -2.80. The number of aromatic nitrogens is 2. The smallest absolute Gasteiger partial charge is 0.287 e. The summed E-state index contributed by atoms with van der Waals surface area (Å²) >= 11 is 3.45. The summed E-state index contributed by atoms with van der Waals surface area (Å²) < 4.78 is 14.1. The molecule has 1 aromatic carbocycles. The van der Waals surface area contributed by atoms with Crippen molar-refractivity contribution in [3.05, 3.63) is 82.5 Å². The second kappa shape index (κ2) is 9.41. The van der Waals surface area contributed by atoms with Crippen molar-refractivity contribution in [3.63, 3.8) is 0 Å². The zero-order valence-electron chi connectivity index (χ0n) is 15.7. The van der Waals surface area contributed by atoms with Gasteiger partial charge in [0, 0.05) is 12.7 Å². The van der Waals surface area contributed by atoms with Crippen LogP contribution >= 0.6 is 15.9 Å². The molecule has 0 saturated carbocycles. The van der Waals surface area contributed by atoms with Gasteiger partial charge in [-0.05, 0) is 53.0 Å². The van der Waals surface area contributed by atoms with Gasteiger partial charge in [0.25, 0.3) is 5.91 Å². The van der Waals surface area contributed by atoms with E-state index in [1.165, 1.54) is 0 Å². The first kappa shape index (κ1) is 19.9. The predicted octanol–water partition coefficient (Wildman–Crippen LogP) is 4.50. The average Bonchev–Trinajstić information content (AvgIpc) is 3.32. The lowest BCUT2D eigenvalue weighted by molar-refractivity contribution is 0.0918. The standard InChI is InChI=1S/C21H22BrN3O3/c1-3-7-15-8-5-6-9-19(15)27-14-16-10-11-20(28-16)21(26)23-12-18-17(22)13-25(4-2)24-18/h3,5-6,8-11,13H,1,4,7,12,14H2,2H3,(H,23,26). The van der Waals surface area contributed by atoms with Crippen LogP contribution in [0.3, 0.4) is 0 Å². The Morgan fingerprint density at radius 1 is 1.36 bits per heavy atom. The van der Waals surface area contributed by atoms with E-state index in [-0.39, 0.29) is 18.3 Å². The van der Waals surface area contributed by atoms with Crippen molar-refractivity contribution in [1.29, 1.82) is 0 Å². The maximum Gasteiger partial charge on any atom is 0.287 e. The maximum atomic E-state index is 12.3. The number of hydrogen-bond acceptors (Lipinski definition) is 4. The third-order valence-electron chi connectivity index (χ3n) is 4.12. The number of halogens is 1. The Kier molecular flexibility index (Phi) is 6.71. The van der Waals surface area contributed by atoms with Crippen LogP contribution in [-0.4, -0.2) is 15.7 Å². The highest BCUT2D eigenvalue weighted by atomic mass is 79.9. The van der Waals surface area contributed by atoms with Gasteiger partial charge in [0.05, 0.1) is 16.7 Å². The highest BCUT2D eigenvalue weighted by Gasteiger charge is 2.14. The van der Waals surface area contributed by atoms with Crippen molar-refractivity contribution in [2.75, 3.05) is 0 Å². The number of benzene rings is 1. The van der Waals surface area contributed by atoms with E-state index in [1.54, 1.807) is 16.8 Å². The number of ether oxygens (including phenoxy) is 1. The van der Waals surface area contributed by atoms with Crippen molar-refractivity contribution in [2.24, 2.45) is 0 Å². The van der Waals surface area contributed by atoms with Crippen LogP contribution < -0.4 is 10.1 Å². The molecule has 6 nitrogen and oxygen atoms in total. The number of nitrogens with one attached hydrogen (secondary N) is 1. The molecule has 0 saturated heterocycles. The molecule has 0 radical (unpaired) electrons. The van der Waals surface area contributed by atoms with Gasteiger partial charge in [-0.1, -0.05) is 24.3 Å². The number of amides is 1. The number of carbonyl (C=O) groups is 1. The molecule has 28 heavy (non-hydrogen) atoms. The minimum absolute atomic E-state index is 0.240. The molecule has 1 N–H and O–H groups in total. The first-order valence-electron chi connectivity index (χ1n) is 9.01. The third kappa shape index (κ3) is 4.92. The van der Waals surface area contributed by atoms with Crippen LogP contribution in [0.15, 0.2) is 64.1 Å². The first-order valence-corrected chi connectivity index (χ1v) is 9.80. The summed E-state index contributed by atoms with van der Waals surface area (Å²) in [7, 11) is 0. The van der Waals surface area contributed by atoms with Crippen molar-refractivity contribution in [2.45, 2.75) is 33.0 Å². The number of furan rings is 1. The first-order chi connectivity index (χ1) is 13.6. The fraction of sp³-hybridized carbons (Fsp3) is 0.238.